The molecule has 0 aliphatic rings. The topological polar surface area (TPSA) is 90.9 Å². The number of para-hydroxylation sites is 1. The third-order valence-electron chi connectivity index (χ3n) is 6.71. The van der Waals surface area contributed by atoms with Gasteiger partial charge in [0.2, 0.25) is 5.91 Å². The van der Waals surface area contributed by atoms with Gasteiger partial charge in [0.15, 0.2) is 17.3 Å². The summed E-state index contributed by atoms with van der Waals surface area (Å²) in [5.74, 6) is 0.837. The SMILES string of the molecule is CCC(=O)NCC(=O)CCC(=O)OC.CCc1ccccc1-c1ccc(Cl)cc1[C@H](C)c1cccc(OC)c1OC. The molecule has 7 nitrogen and oxygen atoms in total. The lowest BCUT2D eigenvalue weighted by molar-refractivity contribution is -0.141. The monoisotopic (exact) mass is 581 g/mol. The van der Waals surface area contributed by atoms with Crippen molar-refractivity contribution in [3.8, 4) is 22.6 Å². The van der Waals surface area contributed by atoms with Crippen LogP contribution in [-0.4, -0.2) is 45.5 Å². The molecule has 0 spiro atoms. The summed E-state index contributed by atoms with van der Waals surface area (Å²) >= 11 is 6.39. The Labute approximate surface area is 248 Å². The molecule has 0 saturated carbocycles. The number of esters is 1. The summed E-state index contributed by atoms with van der Waals surface area (Å²) < 4.78 is 15.5. The van der Waals surface area contributed by atoms with Crippen LogP contribution in [0.5, 0.6) is 11.5 Å². The quantitative estimate of drug-likeness (QED) is 0.237. The average Bonchev–Trinajstić information content (AvgIpc) is 3.01. The molecule has 1 atom stereocenters. The molecule has 0 aromatic heterocycles. The lowest BCUT2D eigenvalue weighted by atomic mass is 9.85. The predicted molar refractivity (Wildman–Crippen MR) is 163 cm³/mol. The number of amides is 1. The number of halogens is 1. The Kier molecular flexibility index (Phi) is 13.9. The first kappa shape index (κ1) is 33.4. The Morgan fingerprint density at radius 1 is 0.854 bits per heavy atom. The summed E-state index contributed by atoms with van der Waals surface area (Å²) in [4.78, 5) is 32.5. The first-order valence-corrected chi connectivity index (χ1v) is 14.0. The number of Topliss-reactive ketones (excluding diaryl/α,β-unsaturated/α-hetero) is 1. The van der Waals surface area contributed by atoms with Gasteiger partial charge < -0.3 is 19.5 Å². The molecule has 0 radical (unpaired) electrons. The Morgan fingerprint density at radius 3 is 2.22 bits per heavy atom. The van der Waals surface area contributed by atoms with Crippen LogP contribution in [0.15, 0.2) is 60.7 Å². The third kappa shape index (κ3) is 9.64. The Morgan fingerprint density at radius 2 is 1.59 bits per heavy atom. The second-order valence-electron chi connectivity index (χ2n) is 9.29. The van der Waals surface area contributed by atoms with Crippen molar-refractivity contribution < 1.29 is 28.6 Å². The van der Waals surface area contributed by atoms with Crippen LogP contribution in [0.4, 0.5) is 0 Å². The van der Waals surface area contributed by atoms with E-state index in [1.54, 1.807) is 21.1 Å². The normalized spacial score (nSPS) is 11.0. The first-order valence-electron chi connectivity index (χ1n) is 13.6. The van der Waals surface area contributed by atoms with Crippen molar-refractivity contribution in [1.82, 2.24) is 5.32 Å². The van der Waals surface area contributed by atoms with Gasteiger partial charge in [-0.2, -0.15) is 0 Å². The van der Waals surface area contributed by atoms with Gasteiger partial charge in [-0.1, -0.05) is 74.8 Å². The largest absolute Gasteiger partial charge is 0.493 e. The number of benzene rings is 3. The predicted octanol–water partition coefficient (Wildman–Crippen LogP) is 6.77. The highest BCUT2D eigenvalue weighted by Gasteiger charge is 2.21. The molecule has 0 unspecified atom stereocenters. The summed E-state index contributed by atoms with van der Waals surface area (Å²) in [6.07, 6.45) is 1.51. The van der Waals surface area contributed by atoms with Crippen LogP contribution in [0, 0.1) is 0 Å². The number of hydrogen-bond donors (Lipinski definition) is 1. The summed E-state index contributed by atoms with van der Waals surface area (Å²) in [5, 5.41) is 3.17. The first-order chi connectivity index (χ1) is 19.7. The van der Waals surface area contributed by atoms with E-state index in [9.17, 15) is 14.4 Å². The van der Waals surface area contributed by atoms with Gasteiger partial charge in [0.1, 0.15) is 0 Å². The van der Waals surface area contributed by atoms with E-state index in [0.29, 0.717) is 6.42 Å². The lowest BCUT2D eigenvalue weighted by Crippen LogP contribution is -2.28. The molecule has 3 aromatic carbocycles. The van der Waals surface area contributed by atoms with E-state index in [4.69, 9.17) is 21.1 Å². The van der Waals surface area contributed by atoms with E-state index in [2.05, 4.69) is 66.4 Å². The van der Waals surface area contributed by atoms with Crippen molar-refractivity contribution in [1.29, 1.82) is 0 Å². The van der Waals surface area contributed by atoms with Gasteiger partial charge in [-0.05, 0) is 46.9 Å². The minimum absolute atomic E-state index is 0.0103. The van der Waals surface area contributed by atoms with Crippen LogP contribution in [0.1, 0.15) is 62.6 Å². The van der Waals surface area contributed by atoms with Crippen LogP contribution in [0.3, 0.4) is 0 Å². The molecule has 1 amide bonds. The number of ketones is 1. The second kappa shape index (κ2) is 17.1. The molecule has 41 heavy (non-hydrogen) atoms. The summed E-state index contributed by atoms with van der Waals surface area (Å²) in [6, 6.07) is 20.7. The number of rotatable bonds is 12. The van der Waals surface area contributed by atoms with Gasteiger partial charge in [-0.15, -0.1) is 0 Å². The minimum Gasteiger partial charge on any atom is -0.493 e. The van der Waals surface area contributed by atoms with E-state index in [1.807, 2.05) is 18.2 Å². The van der Waals surface area contributed by atoms with E-state index in [0.717, 1.165) is 28.5 Å². The molecule has 0 fully saturated rings. The van der Waals surface area contributed by atoms with Crippen LogP contribution in [0.2, 0.25) is 5.02 Å². The fourth-order valence-electron chi connectivity index (χ4n) is 4.40. The number of ether oxygens (including phenoxy) is 3. The zero-order valence-corrected chi connectivity index (χ0v) is 25.5. The molecular formula is C33H40ClNO6. The average molecular weight is 582 g/mol. The van der Waals surface area contributed by atoms with Gasteiger partial charge in [0, 0.05) is 29.3 Å². The summed E-state index contributed by atoms with van der Waals surface area (Å²) in [6.45, 7) is 6.06. The molecule has 0 aliphatic heterocycles. The van der Waals surface area contributed by atoms with Crippen molar-refractivity contribution in [2.75, 3.05) is 27.9 Å². The fraction of sp³-hybridized carbons (Fsp3) is 0.364. The number of carbonyl (C=O) groups is 3. The zero-order valence-electron chi connectivity index (χ0n) is 24.7. The molecule has 1 N–H and O–H groups in total. The Hall–Kier alpha value is -3.84. The van der Waals surface area contributed by atoms with Gasteiger partial charge >= 0.3 is 5.97 Å². The highest BCUT2D eigenvalue weighted by molar-refractivity contribution is 6.30. The van der Waals surface area contributed by atoms with Crippen LogP contribution in [-0.2, 0) is 25.5 Å². The van der Waals surface area contributed by atoms with Crippen molar-refractivity contribution >= 4 is 29.3 Å². The van der Waals surface area contributed by atoms with Crippen molar-refractivity contribution in [2.24, 2.45) is 0 Å². The fourth-order valence-corrected chi connectivity index (χ4v) is 4.58. The highest BCUT2D eigenvalue weighted by Crippen LogP contribution is 2.42. The van der Waals surface area contributed by atoms with Crippen LogP contribution in [0.25, 0.3) is 11.1 Å². The molecule has 3 rings (SSSR count). The van der Waals surface area contributed by atoms with Crippen LogP contribution >= 0.6 is 11.6 Å². The van der Waals surface area contributed by atoms with Crippen molar-refractivity contribution in [3.05, 3.63) is 82.4 Å². The maximum absolute atomic E-state index is 11.1. The zero-order chi connectivity index (χ0) is 30.4. The standard InChI is InChI=1S/C24H25ClO2.C9H15NO4/c1-5-17-9-6-7-10-20(17)21-14-13-18(25)15-22(21)16(2)19-11-8-12-23(26-3)24(19)27-4;1-3-8(12)10-6-7(11)4-5-9(13)14-2/h6-16H,5H2,1-4H3;3-6H2,1-2H3,(H,10,12)/t16-;/m1./s1. The second-order valence-corrected chi connectivity index (χ2v) is 9.73. The van der Waals surface area contributed by atoms with Crippen LogP contribution < -0.4 is 14.8 Å². The number of aryl methyl sites for hydroxylation is 1. The van der Waals surface area contributed by atoms with Gasteiger partial charge in [-0.3, -0.25) is 14.4 Å². The van der Waals surface area contributed by atoms with E-state index >= 15 is 0 Å². The molecule has 220 valence electrons. The van der Waals surface area contributed by atoms with Gasteiger partial charge in [-0.25, -0.2) is 0 Å². The molecule has 0 saturated heterocycles. The Bertz CT molecular complexity index is 1300. The summed E-state index contributed by atoms with van der Waals surface area (Å²) in [7, 11) is 4.61. The molecule has 3 aromatic rings. The van der Waals surface area contributed by atoms with Crippen molar-refractivity contribution in [2.45, 2.75) is 52.4 Å². The highest BCUT2D eigenvalue weighted by atomic mass is 35.5. The number of nitrogens with one attached hydrogen (secondary N) is 1. The number of hydrogen-bond acceptors (Lipinski definition) is 6. The summed E-state index contributed by atoms with van der Waals surface area (Å²) in [5.41, 5.74) is 6.03. The van der Waals surface area contributed by atoms with E-state index < -0.39 is 5.97 Å². The Balaban J connectivity index is 0.000000357. The molecule has 0 heterocycles. The van der Waals surface area contributed by atoms with Crippen molar-refractivity contribution in [3.63, 3.8) is 0 Å². The van der Waals surface area contributed by atoms with Gasteiger partial charge in [0.05, 0.1) is 34.3 Å². The lowest BCUT2D eigenvalue weighted by Gasteiger charge is -2.22. The number of methoxy groups -OCH3 is 3. The smallest absolute Gasteiger partial charge is 0.305 e. The third-order valence-corrected chi connectivity index (χ3v) is 6.94. The maximum Gasteiger partial charge on any atom is 0.305 e. The molecular weight excluding hydrogens is 542 g/mol. The van der Waals surface area contributed by atoms with E-state index in [-0.39, 0.29) is 37.0 Å². The molecule has 0 bridgehead atoms. The van der Waals surface area contributed by atoms with E-state index in [1.165, 1.54) is 29.4 Å². The maximum atomic E-state index is 11.1. The number of carbonyl (C=O) groups excluding carboxylic acids is 3. The van der Waals surface area contributed by atoms with Gasteiger partial charge in [0.25, 0.3) is 0 Å². The molecule has 0 aliphatic carbocycles. The minimum atomic E-state index is -0.417. The molecule has 8 heteroatoms.